The Labute approximate surface area is 174 Å². The van der Waals surface area contributed by atoms with Crippen LogP contribution in [0.2, 0.25) is 0 Å². The summed E-state index contributed by atoms with van der Waals surface area (Å²) in [6, 6.07) is 18.7. The molecule has 0 saturated heterocycles. The highest BCUT2D eigenvalue weighted by Crippen LogP contribution is 2.32. The van der Waals surface area contributed by atoms with E-state index in [1.165, 1.54) is 11.3 Å². The molecule has 0 saturated carbocycles. The maximum absolute atomic E-state index is 12.9. The van der Waals surface area contributed by atoms with Crippen LogP contribution in [0.4, 0.5) is 5.69 Å². The number of anilines is 1. The van der Waals surface area contributed by atoms with Gasteiger partial charge in [-0.2, -0.15) is 0 Å². The van der Waals surface area contributed by atoms with E-state index in [4.69, 9.17) is 15.5 Å². The summed E-state index contributed by atoms with van der Waals surface area (Å²) in [4.78, 5) is 20.6. The number of benzodiazepines with no additional fused rings is 1. The van der Waals surface area contributed by atoms with Gasteiger partial charge in [0.15, 0.2) is 5.78 Å². The maximum atomic E-state index is 12.9. The molecule has 5 nitrogen and oxygen atoms in total. The van der Waals surface area contributed by atoms with Crippen molar-refractivity contribution in [1.82, 2.24) is 0 Å². The van der Waals surface area contributed by atoms with E-state index in [1.54, 1.807) is 7.11 Å². The summed E-state index contributed by atoms with van der Waals surface area (Å²) in [5.41, 5.74) is 10.3. The lowest BCUT2D eigenvalue weighted by Gasteiger charge is -2.32. The highest BCUT2D eigenvalue weighted by Gasteiger charge is 2.33. The normalized spacial score (nSPS) is 17.1. The second-order valence-corrected chi connectivity index (χ2v) is 7.93. The second kappa shape index (κ2) is 8.19. The molecule has 2 atom stereocenters. The van der Waals surface area contributed by atoms with Crippen LogP contribution < -0.4 is 15.4 Å². The van der Waals surface area contributed by atoms with Crippen LogP contribution in [0.1, 0.15) is 20.8 Å². The summed E-state index contributed by atoms with van der Waals surface area (Å²) >= 11 is 1.42. The molecule has 0 amide bonds. The van der Waals surface area contributed by atoms with Gasteiger partial charge in [0.2, 0.25) is 0 Å². The lowest BCUT2D eigenvalue weighted by atomic mass is 9.99. The quantitative estimate of drug-likeness (QED) is 0.659. The molecule has 1 aromatic heterocycles. The molecule has 2 unspecified atom stereocenters. The number of ether oxygens (including phenoxy) is 1. The van der Waals surface area contributed by atoms with Crippen LogP contribution >= 0.6 is 11.3 Å². The number of fused-ring (bicyclic) bond motifs is 1. The number of likely N-dealkylation sites (N-methyl/N-ethyl adjacent to an activating group) is 1. The van der Waals surface area contributed by atoms with Crippen molar-refractivity contribution in [2.75, 3.05) is 25.6 Å². The minimum Gasteiger partial charge on any atom is -0.497 e. The van der Waals surface area contributed by atoms with Crippen molar-refractivity contribution in [3.8, 4) is 5.75 Å². The molecule has 1 aliphatic heterocycles. The molecular weight excluding hydrogens is 382 g/mol. The molecule has 3 aromatic rings. The Morgan fingerprint density at radius 3 is 2.69 bits per heavy atom. The van der Waals surface area contributed by atoms with E-state index < -0.39 is 6.04 Å². The fourth-order valence-electron chi connectivity index (χ4n) is 3.66. The van der Waals surface area contributed by atoms with Crippen LogP contribution in [-0.2, 0) is 0 Å². The van der Waals surface area contributed by atoms with E-state index in [1.807, 2.05) is 73.1 Å². The number of nitrogens with two attached hydrogens (primary N) is 1. The van der Waals surface area contributed by atoms with Crippen molar-refractivity contribution in [3.05, 3.63) is 82.0 Å². The molecule has 29 heavy (non-hydrogen) atoms. The van der Waals surface area contributed by atoms with Crippen molar-refractivity contribution in [2.45, 2.75) is 12.1 Å². The van der Waals surface area contributed by atoms with Gasteiger partial charge in [0.05, 0.1) is 36.3 Å². The first kappa shape index (κ1) is 19.4. The van der Waals surface area contributed by atoms with Gasteiger partial charge in [0.25, 0.3) is 0 Å². The van der Waals surface area contributed by atoms with E-state index in [-0.39, 0.29) is 11.8 Å². The Morgan fingerprint density at radius 2 is 2.00 bits per heavy atom. The number of ketones is 1. The lowest BCUT2D eigenvalue weighted by molar-refractivity contribution is 0.0954. The number of Topliss-reactive ketones (excluding diaryl/α,β-unsaturated/α-hetero) is 1. The summed E-state index contributed by atoms with van der Waals surface area (Å²) in [5, 5.41) is 1.89. The third-order valence-corrected chi connectivity index (χ3v) is 6.19. The van der Waals surface area contributed by atoms with E-state index in [2.05, 4.69) is 4.90 Å². The average molecular weight is 406 g/mol. The Morgan fingerprint density at radius 1 is 1.21 bits per heavy atom. The zero-order chi connectivity index (χ0) is 20.4. The molecule has 0 radical (unpaired) electrons. The zero-order valence-electron chi connectivity index (χ0n) is 16.4. The zero-order valence-corrected chi connectivity index (χ0v) is 17.2. The highest BCUT2D eigenvalue weighted by atomic mass is 32.1. The first-order valence-electron chi connectivity index (χ1n) is 9.44. The van der Waals surface area contributed by atoms with Crippen LogP contribution in [0.3, 0.4) is 0 Å². The van der Waals surface area contributed by atoms with Gasteiger partial charge >= 0.3 is 0 Å². The Hall–Kier alpha value is -2.96. The van der Waals surface area contributed by atoms with Gasteiger partial charge < -0.3 is 15.4 Å². The monoisotopic (exact) mass is 405 g/mol. The standard InChI is InChI=1S/C23H23N3O2S/c1-26-18-13-16(28-2)10-11-17(18)22(15-7-4-3-5-8-15)25-14-19(26)21(24)23(27)20-9-6-12-29-20/h3-13,19,21H,14,24H2,1-2H3. The Kier molecular flexibility index (Phi) is 5.47. The number of carbonyl (C=O) groups is 1. The number of hydrogen-bond acceptors (Lipinski definition) is 6. The molecule has 0 fully saturated rings. The highest BCUT2D eigenvalue weighted by molar-refractivity contribution is 7.12. The summed E-state index contributed by atoms with van der Waals surface area (Å²) < 4.78 is 5.45. The van der Waals surface area contributed by atoms with E-state index >= 15 is 0 Å². The van der Waals surface area contributed by atoms with Crippen molar-refractivity contribution < 1.29 is 9.53 Å². The van der Waals surface area contributed by atoms with Gasteiger partial charge in [-0.3, -0.25) is 9.79 Å². The molecule has 2 heterocycles. The van der Waals surface area contributed by atoms with Crippen molar-refractivity contribution in [1.29, 1.82) is 0 Å². The third-order valence-electron chi connectivity index (χ3n) is 5.30. The number of aliphatic imine (C=N–C) groups is 1. The predicted molar refractivity (Wildman–Crippen MR) is 119 cm³/mol. The summed E-state index contributed by atoms with van der Waals surface area (Å²) in [5.74, 6) is 0.696. The van der Waals surface area contributed by atoms with Crippen LogP contribution in [-0.4, -0.2) is 44.3 Å². The number of thiophene rings is 1. The SMILES string of the molecule is COc1ccc2c(c1)N(C)C(C(N)C(=O)c1cccs1)CN=C2c1ccccc1. The number of rotatable bonds is 5. The van der Waals surface area contributed by atoms with E-state index in [0.717, 1.165) is 28.3 Å². The molecular formula is C23H23N3O2S. The molecule has 0 spiro atoms. The van der Waals surface area contributed by atoms with Crippen molar-refractivity contribution >= 4 is 28.5 Å². The average Bonchev–Trinajstić information content (AvgIpc) is 3.26. The van der Waals surface area contributed by atoms with Gasteiger partial charge in [0, 0.05) is 29.9 Å². The fraction of sp³-hybridized carbons (Fsp3) is 0.217. The smallest absolute Gasteiger partial charge is 0.191 e. The first-order valence-corrected chi connectivity index (χ1v) is 10.3. The van der Waals surface area contributed by atoms with E-state index in [0.29, 0.717) is 11.4 Å². The predicted octanol–water partition coefficient (Wildman–Crippen LogP) is 3.62. The van der Waals surface area contributed by atoms with Crippen LogP contribution in [0.15, 0.2) is 71.0 Å². The molecule has 0 bridgehead atoms. The van der Waals surface area contributed by atoms with Crippen LogP contribution in [0, 0.1) is 0 Å². The number of hydrogen-bond donors (Lipinski definition) is 1. The maximum Gasteiger partial charge on any atom is 0.191 e. The van der Waals surface area contributed by atoms with Crippen LogP contribution in [0.25, 0.3) is 0 Å². The van der Waals surface area contributed by atoms with Gasteiger partial charge in [-0.25, -0.2) is 0 Å². The minimum absolute atomic E-state index is 0.0559. The molecule has 2 aromatic carbocycles. The molecule has 1 aliphatic rings. The van der Waals surface area contributed by atoms with Gasteiger partial charge in [-0.1, -0.05) is 36.4 Å². The number of benzene rings is 2. The van der Waals surface area contributed by atoms with Crippen LogP contribution in [0.5, 0.6) is 5.75 Å². The third kappa shape index (κ3) is 3.69. The van der Waals surface area contributed by atoms with E-state index in [9.17, 15) is 4.79 Å². The van der Waals surface area contributed by atoms with Crippen molar-refractivity contribution in [2.24, 2.45) is 10.7 Å². The summed E-state index contributed by atoms with van der Waals surface area (Å²) in [7, 11) is 3.61. The van der Waals surface area contributed by atoms with Gasteiger partial charge in [-0.05, 0) is 23.6 Å². The molecule has 6 heteroatoms. The topological polar surface area (TPSA) is 67.9 Å². The Bertz CT molecular complexity index is 1030. The van der Waals surface area contributed by atoms with Crippen molar-refractivity contribution in [3.63, 3.8) is 0 Å². The molecule has 2 N–H and O–H groups in total. The largest absolute Gasteiger partial charge is 0.497 e. The number of carbonyl (C=O) groups excluding carboxylic acids is 1. The Balaban J connectivity index is 1.79. The minimum atomic E-state index is -0.684. The van der Waals surface area contributed by atoms with Gasteiger partial charge in [-0.15, -0.1) is 11.3 Å². The lowest BCUT2D eigenvalue weighted by Crippen LogP contribution is -2.52. The molecule has 4 rings (SSSR count). The molecule has 148 valence electrons. The second-order valence-electron chi connectivity index (χ2n) is 6.98. The number of methoxy groups -OCH3 is 1. The fourth-order valence-corrected chi connectivity index (χ4v) is 4.37. The molecule has 0 aliphatic carbocycles. The first-order chi connectivity index (χ1) is 14.1. The number of nitrogens with zero attached hydrogens (tertiary/aromatic N) is 2. The summed E-state index contributed by atoms with van der Waals surface area (Å²) in [6.07, 6.45) is 0. The van der Waals surface area contributed by atoms with Gasteiger partial charge in [0.1, 0.15) is 5.75 Å². The summed E-state index contributed by atoms with van der Waals surface area (Å²) in [6.45, 7) is 0.427.